The number of aliphatic hydroxyl groups excluding tert-OH is 4. The monoisotopic (exact) mass is 504 g/mol. The van der Waals surface area contributed by atoms with Crippen molar-refractivity contribution < 1.29 is 44.2 Å². The molecule has 0 saturated carbocycles. The molecule has 0 unspecified atom stereocenters. The van der Waals surface area contributed by atoms with E-state index in [0.717, 1.165) is 46.4 Å². The lowest BCUT2D eigenvalue weighted by molar-refractivity contribution is -0.277. The maximum absolute atomic E-state index is 12.3. The Hall–Kier alpha value is -2.17. The third kappa shape index (κ3) is 3.75. The smallest absolute Gasteiger partial charge is 0.334 e. The molecule has 0 radical (unpaired) electrons. The van der Waals surface area contributed by atoms with Gasteiger partial charge in [0.2, 0.25) is 6.29 Å². The van der Waals surface area contributed by atoms with Gasteiger partial charge in [-0.2, -0.15) is 0 Å². The molecule has 0 spiro atoms. The molecule has 1 aromatic rings. The second-order valence-electron chi connectivity index (χ2n) is 10.9. The van der Waals surface area contributed by atoms with Crippen LogP contribution in [0.5, 0.6) is 11.5 Å². The average molecular weight is 505 g/mol. The number of carbonyl (C=O) groups excluding carboxylic acids is 1. The fourth-order valence-corrected chi connectivity index (χ4v) is 6.68. The van der Waals surface area contributed by atoms with E-state index < -0.39 is 37.3 Å². The lowest BCUT2D eigenvalue weighted by atomic mass is 9.56. The van der Waals surface area contributed by atoms with E-state index in [9.17, 15) is 25.2 Å². The predicted molar refractivity (Wildman–Crippen MR) is 128 cm³/mol. The van der Waals surface area contributed by atoms with Crippen molar-refractivity contribution in [2.24, 2.45) is 5.92 Å². The van der Waals surface area contributed by atoms with Crippen LogP contribution in [0.15, 0.2) is 17.2 Å². The van der Waals surface area contributed by atoms with E-state index >= 15 is 0 Å². The summed E-state index contributed by atoms with van der Waals surface area (Å²) < 4.78 is 23.4. The number of hydrogen-bond acceptors (Lipinski definition) is 9. The van der Waals surface area contributed by atoms with Crippen LogP contribution in [0, 0.1) is 5.92 Å². The summed E-state index contributed by atoms with van der Waals surface area (Å²) in [4.78, 5) is 12.3. The fourth-order valence-electron chi connectivity index (χ4n) is 6.68. The number of fused-ring (bicyclic) bond motifs is 4. The molecular weight excluding hydrogens is 468 g/mol. The van der Waals surface area contributed by atoms with E-state index in [2.05, 4.69) is 20.8 Å². The van der Waals surface area contributed by atoms with Crippen LogP contribution in [0.3, 0.4) is 0 Å². The topological polar surface area (TPSA) is 135 Å². The molecule has 0 aromatic heterocycles. The second kappa shape index (κ2) is 9.29. The zero-order chi connectivity index (χ0) is 25.9. The van der Waals surface area contributed by atoms with Crippen molar-refractivity contribution in [2.75, 3.05) is 20.3 Å². The number of aliphatic hydroxyl groups is 4. The van der Waals surface area contributed by atoms with E-state index in [0.29, 0.717) is 25.2 Å². The van der Waals surface area contributed by atoms with E-state index in [4.69, 9.17) is 18.9 Å². The summed E-state index contributed by atoms with van der Waals surface area (Å²) in [5.41, 5.74) is 4.41. The van der Waals surface area contributed by atoms with Gasteiger partial charge in [0.1, 0.15) is 42.5 Å². The van der Waals surface area contributed by atoms with Crippen molar-refractivity contribution in [1.82, 2.24) is 0 Å². The van der Waals surface area contributed by atoms with Crippen LogP contribution in [0.2, 0.25) is 0 Å². The molecule has 2 aliphatic heterocycles. The van der Waals surface area contributed by atoms with Gasteiger partial charge >= 0.3 is 5.97 Å². The first-order chi connectivity index (χ1) is 17.1. The molecule has 9 nitrogen and oxygen atoms in total. The zero-order valence-electron chi connectivity index (χ0n) is 21.2. The molecular formula is C27H36O9. The highest BCUT2D eigenvalue weighted by Gasteiger charge is 2.52. The van der Waals surface area contributed by atoms with Crippen LogP contribution in [0.4, 0.5) is 0 Å². The van der Waals surface area contributed by atoms with Gasteiger partial charge in [0.15, 0.2) is 0 Å². The third-order valence-electron chi connectivity index (χ3n) is 8.62. The molecule has 1 aromatic carbocycles. The molecule has 1 saturated heterocycles. The fraction of sp³-hybridized carbons (Fsp3) is 0.667. The Kier molecular flexibility index (Phi) is 6.58. The Morgan fingerprint density at radius 3 is 2.58 bits per heavy atom. The summed E-state index contributed by atoms with van der Waals surface area (Å²) >= 11 is 0. The van der Waals surface area contributed by atoms with Gasteiger partial charge in [-0.1, -0.05) is 20.8 Å². The Balaban J connectivity index is 1.63. The summed E-state index contributed by atoms with van der Waals surface area (Å²) in [6.45, 7) is 6.08. The minimum atomic E-state index is -1.54. The quantitative estimate of drug-likeness (QED) is 0.440. The minimum Gasteiger partial charge on any atom is -0.496 e. The van der Waals surface area contributed by atoms with Gasteiger partial charge < -0.3 is 39.4 Å². The number of ether oxygens (including phenoxy) is 4. The van der Waals surface area contributed by atoms with Crippen molar-refractivity contribution in [1.29, 1.82) is 0 Å². The van der Waals surface area contributed by atoms with E-state index in [-0.39, 0.29) is 23.2 Å². The van der Waals surface area contributed by atoms with Crippen LogP contribution in [0.25, 0.3) is 0 Å². The molecule has 0 bridgehead atoms. The van der Waals surface area contributed by atoms with E-state index in [1.165, 1.54) is 0 Å². The van der Waals surface area contributed by atoms with E-state index in [1.54, 1.807) is 7.11 Å². The molecule has 5 rings (SSSR count). The zero-order valence-corrected chi connectivity index (χ0v) is 21.2. The molecule has 7 atom stereocenters. The normalized spacial score (nSPS) is 35.8. The highest BCUT2D eigenvalue weighted by atomic mass is 16.7. The van der Waals surface area contributed by atoms with Crippen LogP contribution >= 0.6 is 0 Å². The molecule has 1 fully saturated rings. The summed E-state index contributed by atoms with van der Waals surface area (Å²) in [6.07, 6.45) is -4.00. The van der Waals surface area contributed by atoms with Crippen molar-refractivity contribution >= 4 is 5.97 Å². The van der Waals surface area contributed by atoms with Crippen molar-refractivity contribution in [3.8, 4) is 11.5 Å². The maximum Gasteiger partial charge on any atom is 0.334 e. The van der Waals surface area contributed by atoms with Crippen LogP contribution in [-0.2, 0) is 26.1 Å². The van der Waals surface area contributed by atoms with Gasteiger partial charge in [-0.05, 0) is 49.2 Å². The molecule has 4 aliphatic rings. The Morgan fingerprint density at radius 1 is 1.17 bits per heavy atom. The van der Waals surface area contributed by atoms with Gasteiger partial charge in [-0.15, -0.1) is 0 Å². The van der Waals surface area contributed by atoms with Crippen LogP contribution in [0.1, 0.15) is 62.6 Å². The number of cyclic esters (lactones) is 1. The Bertz CT molecular complexity index is 1080. The van der Waals surface area contributed by atoms with Gasteiger partial charge in [-0.3, -0.25) is 0 Å². The number of carbonyl (C=O) groups is 1. The number of esters is 1. The lowest BCUT2D eigenvalue weighted by Gasteiger charge is -2.48. The van der Waals surface area contributed by atoms with Crippen LogP contribution in [-0.4, -0.2) is 77.4 Å². The average Bonchev–Trinajstić information content (AvgIpc) is 3.23. The summed E-state index contributed by atoms with van der Waals surface area (Å²) in [5, 5.41) is 40.9. The van der Waals surface area contributed by atoms with Crippen LogP contribution < -0.4 is 9.47 Å². The molecule has 198 valence electrons. The van der Waals surface area contributed by atoms with Gasteiger partial charge in [0.25, 0.3) is 0 Å². The number of benzene rings is 1. The highest BCUT2D eigenvalue weighted by Crippen LogP contribution is 2.58. The van der Waals surface area contributed by atoms with Gasteiger partial charge in [0, 0.05) is 27.7 Å². The Morgan fingerprint density at radius 2 is 1.92 bits per heavy atom. The third-order valence-corrected chi connectivity index (χ3v) is 8.62. The predicted octanol–water partition coefficient (Wildman–Crippen LogP) is 1.46. The molecule has 2 aliphatic carbocycles. The van der Waals surface area contributed by atoms with Crippen molar-refractivity contribution in [3.05, 3.63) is 33.9 Å². The summed E-state index contributed by atoms with van der Waals surface area (Å²) in [6, 6.07) is 1.91. The van der Waals surface area contributed by atoms with Gasteiger partial charge in [-0.25, -0.2) is 4.79 Å². The standard InChI is InChI=1S/C27H36O9/c1-12(2)15-9-18(35-26-23(31)22(30)21(29)19(10-28)36-26)20-14(24(15)33-4)5-6-17-16-11-34-25(32)13(16)7-8-27(17,20)3/h9,12,17,19,21-23,26,28-31H,5-8,10-11H2,1-4H3/t17-,19+,21+,22-,23+,26+,27-/m0/s1. The maximum atomic E-state index is 12.3. The Labute approximate surface area is 210 Å². The number of methoxy groups -OCH3 is 1. The molecule has 36 heavy (non-hydrogen) atoms. The lowest BCUT2D eigenvalue weighted by Crippen LogP contribution is -2.60. The summed E-state index contributed by atoms with van der Waals surface area (Å²) in [5.74, 6) is 1.32. The first-order valence-electron chi connectivity index (χ1n) is 12.7. The van der Waals surface area contributed by atoms with Crippen molar-refractivity contribution in [3.63, 3.8) is 0 Å². The molecule has 4 N–H and O–H groups in total. The SMILES string of the molecule is COc1c(C(C)C)cc(O[C@@H]2O[C@H](CO)[C@@H](O)[C@H](O)[C@H]2O)c2c1CC[C@H]1C3=C(CC[C@]21C)C(=O)OC3. The molecule has 9 heteroatoms. The summed E-state index contributed by atoms with van der Waals surface area (Å²) in [7, 11) is 1.67. The van der Waals surface area contributed by atoms with Gasteiger partial charge in [0.05, 0.1) is 13.7 Å². The largest absolute Gasteiger partial charge is 0.496 e. The minimum absolute atomic E-state index is 0.0898. The first kappa shape index (κ1) is 25.5. The number of rotatable bonds is 5. The number of hydrogen-bond donors (Lipinski definition) is 4. The highest BCUT2D eigenvalue weighted by molar-refractivity contribution is 5.92. The van der Waals surface area contributed by atoms with E-state index in [1.807, 2.05) is 6.07 Å². The first-order valence-corrected chi connectivity index (χ1v) is 12.7. The molecule has 2 heterocycles. The molecule has 0 amide bonds. The second-order valence-corrected chi connectivity index (χ2v) is 10.9. The van der Waals surface area contributed by atoms with Crippen molar-refractivity contribution in [2.45, 2.75) is 88.5 Å².